The molecule has 0 aliphatic rings. The lowest BCUT2D eigenvalue weighted by atomic mass is 10.1. The number of aliphatic hydroxyl groups is 1. The number of hydrogen-bond acceptors (Lipinski definition) is 3. The molecule has 0 unspecified atom stereocenters. The lowest BCUT2D eigenvalue weighted by Gasteiger charge is -2.25. The van der Waals surface area contributed by atoms with E-state index in [9.17, 15) is 9.90 Å². The van der Waals surface area contributed by atoms with Gasteiger partial charge in [0.05, 0.1) is 16.9 Å². The van der Waals surface area contributed by atoms with E-state index in [0.717, 1.165) is 5.69 Å². The molecule has 0 radical (unpaired) electrons. The summed E-state index contributed by atoms with van der Waals surface area (Å²) in [5.74, 6) is -0.120. The van der Waals surface area contributed by atoms with Crippen molar-refractivity contribution >= 4 is 5.91 Å². The van der Waals surface area contributed by atoms with Crippen molar-refractivity contribution < 1.29 is 9.90 Å². The Morgan fingerprint density at radius 1 is 1.50 bits per heavy atom. The average molecular weight is 225 g/mol. The van der Waals surface area contributed by atoms with Gasteiger partial charge in [-0.05, 0) is 27.7 Å². The van der Waals surface area contributed by atoms with Crippen molar-refractivity contribution in [3.8, 4) is 0 Å². The monoisotopic (exact) mass is 225 g/mol. The van der Waals surface area contributed by atoms with Gasteiger partial charge in [0.1, 0.15) is 0 Å². The number of aromatic nitrogens is 2. The minimum atomic E-state index is -0.893. The molecule has 1 heterocycles. The van der Waals surface area contributed by atoms with Crippen LogP contribution in [0.2, 0.25) is 0 Å². The third-order valence-corrected chi connectivity index (χ3v) is 2.31. The summed E-state index contributed by atoms with van der Waals surface area (Å²) in [7, 11) is 1.67. The third-order valence-electron chi connectivity index (χ3n) is 2.31. The Kier molecular flexibility index (Phi) is 3.38. The van der Waals surface area contributed by atoms with E-state index < -0.39 is 5.60 Å². The number of amides is 1. The van der Waals surface area contributed by atoms with Gasteiger partial charge in [0, 0.05) is 19.3 Å². The van der Waals surface area contributed by atoms with Crippen molar-refractivity contribution in [2.45, 2.75) is 33.3 Å². The summed E-state index contributed by atoms with van der Waals surface area (Å²) in [6.45, 7) is 7.23. The zero-order chi connectivity index (χ0) is 12.5. The highest BCUT2D eigenvalue weighted by atomic mass is 16.3. The van der Waals surface area contributed by atoms with Crippen molar-refractivity contribution in [1.82, 2.24) is 15.1 Å². The van der Waals surface area contributed by atoms with Crippen LogP contribution in [0.3, 0.4) is 0 Å². The van der Waals surface area contributed by atoms with Gasteiger partial charge in [0.2, 0.25) is 0 Å². The second-order valence-electron chi connectivity index (χ2n) is 4.78. The number of aryl methyl sites for hydroxylation is 2. The first-order valence-electron chi connectivity index (χ1n) is 5.22. The molecule has 5 nitrogen and oxygen atoms in total. The van der Waals surface area contributed by atoms with Crippen LogP contribution in [-0.2, 0) is 0 Å². The van der Waals surface area contributed by atoms with Crippen LogP contribution in [0.5, 0.6) is 0 Å². The summed E-state index contributed by atoms with van der Waals surface area (Å²) in [4.78, 5) is 13.6. The van der Waals surface area contributed by atoms with Gasteiger partial charge in [-0.25, -0.2) is 0 Å². The number of carbonyl (C=O) groups excluding carboxylic acids is 1. The van der Waals surface area contributed by atoms with E-state index in [1.54, 1.807) is 27.8 Å². The van der Waals surface area contributed by atoms with Gasteiger partial charge in [-0.2, -0.15) is 5.10 Å². The zero-order valence-electron chi connectivity index (χ0n) is 10.5. The number of rotatable bonds is 3. The predicted octanol–water partition coefficient (Wildman–Crippen LogP) is 0.869. The molecule has 2 N–H and O–H groups in total. The largest absolute Gasteiger partial charge is 0.389 e. The lowest BCUT2D eigenvalue weighted by molar-refractivity contribution is 0.0367. The molecule has 0 bridgehead atoms. The molecule has 5 heteroatoms. The summed E-state index contributed by atoms with van der Waals surface area (Å²) in [5.41, 5.74) is 1.14. The topological polar surface area (TPSA) is 69.2 Å². The molecule has 0 aromatic carbocycles. The zero-order valence-corrected chi connectivity index (χ0v) is 10.5. The first-order valence-corrected chi connectivity index (χ1v) is 5.22. The van der Waals surface area contributed by atoms with Gasteiger partial charge in [-0.15, -0.1) is 0 Å². The van der Waals surface area contributed by atoms with Crippen molar-refractivity contribution in [3.05, 3.63) is 17.0 Å². The number of nitrogens with one attached hydrogen (secondary N) is 1. The van der Waals surface area contributed by atoms with Gasteiger partial charge < -0.3 is 10.0 Å². The second kappa shape index (κ2) is 4.25. The fourth-order valence-corrected chi connectivity index (χ4v) is 1.71. The number of hydrogen-bond donors (Lipinski definition) is 2. The Hall–Kier alpha value is -1.36. The van der Waals surface area contributed by atoms with E-state index in [4.69, 9.17) is 0 Å². The molecule has 0 saturated heterocycles. The Bertz CT molecular complexity index is 371. The summed E-state index contributed by atoms with van der Waals surface area (Å²) in [6, 6.07) is 0. The minimum absolute atomic E-state index is 0.120. The summed E-state index contributed by atoms with van der Waals surface area (Å²) >= 11 is 0. The first kappa shape index (κ1) is 12.7. The fraction of sp³-hybridized carbons (Fsp3) is 0.636. The average Bonchev–Trinajstić information content (AvgIpc) is 2.42. The lowest BCUT2D eigenvalue weighted by Crippen LogP contribution is -2.40. The number of carbonyl (C=O) groups is 1. The summed E-state index contributed by atoms with van der Waals surface area (Å²) < 4.78 is 0. The van der Waals surface area contributed by atoms with Crippen LogP contribution in [0.1, 0.15) is 35.6 Å². The molecule has 1 aromatic rings. The number of aromatic amines is 1. The van der Waals surface area contributed by atoms with Gasteiger partial charge >= 0.3 is 0 Å². The molecule has 0 atom stereocenters. The molecule has 0 aliphatic carbocycles. The quantitative estimate of drug-likeness (QED) is 0.802. The first-order chi connectivity index (χ1) is 7.22. The standard InChI is InChI=1S/C11H19N3O2/c1-7-9(8(2)13-12-7)10(15)14(5)6-11(3,4)16/h16H,6H2,1-5H3,(H,12,13). The molecular formula is C11H19N3O2. The Balaban J connectivity index is 2.87. The van der Waals surface area contributed by atoms with E-state index in [1.807, 2.05) is 6.92 Å². The van der Waals surface area contributed by atoms with Gasteiger partial charge in [0.15, 0.2) is 0 Å². The normalized spacial score (nSPS) is 11.6. The van der Waals surface area contributed by atoms with Gasteiger partial charge in [0.25, 0.3) is 5.91 Å². The fourth-order valence-electron chi connectivity index (χ4n) is 1.71. The molecule has 0 spiro atoms. The second-order valence-corrected chi connectivity index (χ2v) is 4.78. The molecule has 0 aliphatic heterocycles. The Morgan fingerprint density at radius 3 is 2.44 bits per heavy atom. The van der Waals surface area contributed by atoms with Crippen molar-refractivity contribution in [1.29, 1.82) is 0 Å². The van der Waals surface area contributed by atoms with Crippen LogP contribution in [0, 0.1) is 13.8 Å². The summed E-state index contributed by atoms with van der Waals surface area (Å²) in [5, 5.41) is 16.4. The van der Waals surface area contributed by atoms with E-state index in [1.165, 1.54) is 4.90 Å². The summed E-state index contributed by atoms with van der Waals surface area (Å²) in [6.07, 6.45) is 0. The van der Waals surface area contributed by atoms with Crippen molar-refractivity contribution in [2.75, 3.05) is 13.6 Å². The van der Waals surface area contributed by atoms with E-state index in [0.29, 0.717) is 11.3 Å². The molecular weight excluding hydrogens is 206 g/mol. The van der Waals surface area contributed by atoms with Crippen LogP contribution in [-0.4, -0.2) is 45.3 Å². The van der Waals surface area contributed by atoms with Crippen LogP contribution >= 0.6 is 0 Å². The molecule has 1 aromatic heterocycles. The van der Waals surface area contributed by atoms with E-state index in [2.05, 4.69) is 10.2 Å². The van der Waals surface area contributed by atoms with Gasteiger partial charge in [-0.3, -0.25) is 9.89 Å². The van der Waals surface area contributed by atoms with E-state index >= 15 is 0 Å². The van der Waals surface area contributed by atoms with Crippen LogP contribution < -0.4 is 0 Å². The Labute approximate surface area is 95.5 Å². The van der Waals surface area contributed by atoms with Crippen LogP contribution in [0.25, 0.3) is 0 Å². The highest BCUT2D eigenvalue weighted by Crippen LogP contribution is 2.13. The maximum absolute atomic E-state index is 12.1. The minimum Gasteiger partial charge on any atom is -0.389 e. The number of nitrogens with zero attached hydrogens (tertiary/aromatic N) is 2. The number of H-pyrrole nitrogens is 1. The van der Waals surface area contributed by atoms with Crippen LogP contribution in [0.15, 0.2) is 0 Å². The predicted molar refractivity (Wildman–Crippen MR) is 61.3 cm³/mol. The smallest absolute Gasteiger partial charge is 0.257 e. The molecule has 0 saturated carbocycles. The molecule has 1 amide bonds. The van der Waals surface area contributed by atoms with Crippen molar-refractivity contribution in [3.63, 3.8) is 0 Å². The molecule has 1 rings (SSSR count). The Morgan fingerprint density at radius 2 is 2.06 bits per heavy atom. The van der Waals surface area contributed by atoms with Crippen molar-refractivity contribution in [2.24, 2.45) is 0 Å². The SMILES string of the molecule is Cc1n[nH]c(C)c1C(=O)N(C)CC(C)(C)O. The molecule has 0 fully saturated rings. The van der Waals surface area contributed by atoms with Crippen LogP contribution in [0.4, 0.5) is 0 Å². The molecule has 16 heavy (non-hydrogen) atoms. The molecule has 90 valence electrons. The van der Waals surface area contributed by atoms with Gasteiger partial charge in [-0.1, -0.05) is 0 Å². The highest BCUT2D eigenvalue weighted by molar-refractivity contribution is 5.96. The highest BCUT2D eigenvalue weighted by Gasteiger charge is 2.23. The van der Waals surface area contributed by atoms with E-state index in [-0.39, 0.29) is 12.5 Å². The maximum Gasteiger partial charge on any atom is 0.257 e. The third kappa shape index (κ3) is 2.82. The maximum atomic E-state index is 12.1. The number of likely N-dealkylation sites (N-methyl/N-ethyl adjacent to an activating group) is 1.